The van der Waals surface area contributed by atoms with Crippen molar-refractivity contribution in [1.29, 1.82) is 0 Å². The van der Waals surface area contributed by atoms with Crippen LogP contribution in [-0.4, -0.2) is 47.8 Å². The summed E-state index contributed by atoms with van der Waals surface area (Å²) in [6.07, 6.45) is 8.00. The largest absolute Gasteiger partial charge is 0.511 e. The van der Waals surface area contributed by atoms with Gasteiger partial charge in [-0.2, -0.15) is 13.3 Å². The third kappa shape index (κ3) is 5.77. The molecule has 0 bridgehead atoms. The zero-order chi connectivity index (χ0) is 10.6. The summed E-state index contributed by atoms with van der Waals surface area (Å²) >= 11 is 0. The van der Waals surface area contributed by atoms with Crippen molar-refractivity contribution in [3.05, 3.63) is 38.1 Å². The van der Waals surface area contributed by atoms with Gasteiger partial charge in [-0.25, -0.2) is 0 Å². The Balaban J connectivity index is 0.000000245. The summed E-state index contributed by atoms with van der Waals surface area (Å²) in [4.78, 5) is 8.00. The topological polar surface area (TPSA) is 13.0 Å². The van der Waals surface area contributed by atoms with Crippen LogP contribution < -0.4 is 0 Å². The second kappa shape index (κ2) is 6.82. The molecule has 5 heteroatoms. The van der Waals surface area contributed by atoms with E-state index < -0.39 is 0 Å². The van der Waals surface area contributed by atoms with Crippen LogP contribution in [-0.2, 0) is 22.4 Å². The van der Waals surface area contributed by atoms with E-state index in [0.29, 0.717) is 0 Å². The first-order chi connectivity index (χ1) is 6.58. The maximum atomic E-state index is 2.00. The molecule has 0 aliphatic carbocycles. The SMILES string of the molecule is CN1C=CN(C)[CH-]1.CN1C=CN(C)[CH-]1.[Ag]. The minimum atomic E-state index is 0. The molecule has 1 radical (unpaired) electrons. The molecule has 0 fully saturated rings. The van der Waals surface area contributed by atoms with Crippen LogP contribution in [0.2, 0.25) is 0 Å². The maximum Gasteiger partial charge on any atom is 0 e. The van der Waals surface area contributed by atoms with Gasteiger partial charge in [0.05, 0.1) is 0 Å². The third-order valence-electron chi connectivity index (χ3n) is 1.80. The average Bonchev–Trinajstić information content (AvgIpc) is 2.63. The molecular weight excluding hydrogens is 284 g/mol. The molecule has 4 nitrogen and oxygen atoms in total. The zero-order valence-corrected chi connectivity index (χ0v) is 11.0. The molecule has 0 spiro atoms. The normalized spacial score (nSPS) is 17.9. The van der Waals surface area contributed by atoms with Gasteiger partial charge in [-0.05, 0) is 53.0 Å². The Morgan fingerprint density at radius 3 is 0.867 bits per heavy atom. The van der Waals surface area contributed by atoms with Crippen LogP contribution in [0, 0.1) is 13.3 Å². The second-order valence-corrected chi connectivity index (χ2v) is 3.49. The molecule has 0 saturated carbocycles. The van der Waals surface area contributed by atoms with Crippen LogP contribution in [0.15, 0.2) is 24.8 Å². The van der Waals surface area contributed by atoms with E-state index in [9.17, 15) is 0 Å². The van der Waals surface area contributed by atoms with Gasteiger partial charge in [0.1, 0.15) is 0 Å². The summed E-state index contributed by atoms with van der Waals surface area (Å²) < 4.78 is 0. The van der Waals surface area contributed by atoms with Crippen molar-refractivity contribution in [1.82, 2.24) is 19.6 Å². The van der Waals surface area contributed by atoms with Gasteiger partial charge in [-0.15, -0.1) is 0 Å². The van der Waals surface area contributed by atoms with E-state index >= 15 is 0 Å². The molecule has 0 unspecified atom stereocenters. The summed E-state index contributed by atoms with van der Waals surface area (Å²) in [5.74, 6) is 0. The summed E-state index contributed by atoms with van der Waals surface area (Å²) in [6, 6.07) is 0. The first-order valence-electron chi connectivity index (χ1n) is 4.52. The molecule has 2 rings (SSSR count). The Bertz CT molecular complexity index is 185. The summed E-state index contributed by atoms with van der Waals surface area (Å²) in [6.45, 7) is 4.00. The smallest absolute Gasteiger partial charge is 0 e. The van der Waals surface area contributed by atoms with E-state index in [2.05, 4.69) is 0 Å². The van der Waals surface area contributed by atoms with Crippen LogP contribution in [0.4, 0.5) is 0 Å². The molecule has 0 saturated heterocycles. The van der Waals surface area contributed by atoms with Crippen LogP contribution in [0.1, 0.15) is 0 Å². The third-order valence-corrected chi connectivity index (χ3v) is 1.80. The van der Waals surface area contributed by atoms with Gasteiger partial charge in [0.25, 0.3) is 0 Å². The van der Waals surface area contributed by atoms with Crippen LogP contribution in [0.25, 0.3) is 0 Å². The van der Waals surface area contributed by atoms with Crippen molar-refractivity contribution in [2.24, 2.45) is 0 Å². The zero-order valence-electron chi connectivity index (χ0n) is 9.55. The van der Waals surface area contributed by atoms with Gasteiger partial charge in [0, 0.05) is 22.4 Å². The van der Waals surface area contributed by atoms with Crippen molar-refractivity contribution < 1.29 is 22.4 Å². The van der Waals surface area contributed by atoms with Crippen molar-refractivity contribution in [3.63, 3.8) is 0 Å². The van der Waals surface area contributed by atoms with Gasteiger partial charge in [0.15, 0.2) is 0 Å². The molecule has 0 atom stereocenters. The van der Waals surface area contributed by atoms with Gasteiger partial charge >= 0.3 is 0 Å². The number of rotatable bonds is 0. The quantitative estimate of drug-likeness (QED) is 0.487. The van der Waals surface area contributed by atoms with Crippen molar-refractivity contribution in [3.8, 4) is 0 Å². The second-order valence-electron chi connectivity index (χ2n) is 3.49. The maximum absolute atomic E-state index is 2.00. The van der Waals surface area contributed by atoms with E-state index in [1.165, 1.54) is 0 Å². The van der Waals surface area contributed by atoms with Gasteiger partial charge in [-0.3, -0.25) is 0 Å². The summed E-state index contributed by atoms with van der Waals surface area (Å²) in [5.41, 5.74) is 0. The average molecular weight is 302 g/mol. The molecular formula is C10H18AgN4-2. The van der Waals surface area contributed by atoms with E-state index in [4.69, 9.17) is 0 Å². The summed E-state index contributed by atoms with van der Waals surface area (Å²) in [7, 11) is 8.00. The minimum absolute atomic E-state index is 0. The Kier molecular flexibility index (Phi) is 6.56. The molecule has 0 aromatic heterocycles. The fourth-order valence-corrected chi connectivity index (χ4v) is 1.15. The summed E-state index contributed by atoms with van der Waals surface area (Å²) in [5, 5.41) is 0. The monoisotopic (exact) mass is 301 g/mol. The van der Waals surface area contributed by atoms with Gasteiger partial charge < -0.3 is 19.6 Å². The van der Waals surface area contributed by atoms with Crippen LogP contribution >= 0.6 is 0 Å². The number of nitrogens with zero attached hydrogens (tertiary/aromatic N) is 4. The molecule has 0 amide bonds. The first kappa shape index (κ1) is 14.4. The standard InChI is InChI=1S/2C5H9N2.Ag/c2*1-6-3-4-7(2)5-6;/h2*3-5H,1-2H3;/q2*-1;. The van der Waals surface area contributed by atoms with Crippen LogP contribution in [0.3, 0.4) is 0 Å². The van der Waals surface area contributed by atoms with E-state index in [1.807, 2.05) is 85.9 Å². The van der Waals surface area contributed by atoms with Crippen LogP contribution in [0.5, 0.6) is 0 Å². The van der Waals surface area contributed by atoms with E-state index in [1.54, 1.807) is 0 Å². The molecule has 2 aliphatic rings. The number of hydrogen-bond acceptors (Lipinski definition) is 4. The fraction of sp³-hybridized carbons (Fsp3) is 0.400. The molecule has 0 aromatic carbocycles. The minimum Gasteiger partial charge on any atom is -0.511 e. The number of hydrogen-bond donors (Lipinski definition) is 0. The van der Waals surface area contributed by atoms with Crippen molar-refractivity contribution >= 4 is 0 Å². The fourth-order valence-electron chi connectivity index (χ4n) is 1.15. The van der Waals surface area contributed by atoms with Gasteiger partial charge in [-0.1, -0.05) is 0 Å². The predicted octanol–water partition coefficient (Wildman–Crippen LogP) is 0.906. The molecule has 0 N–H and O–H groups in total. The van der Waals surface area contributed by atoms with E-state index in [-0.39, 0.29) is 22.4 Å². The predicted molar refractivity (Wildman–Crippen MR) is 57.9 cm³/mol. The first-order valence-corrected chi connectivity index (χ1v) is 4.52. The Labute approximate surface area is 108 Å². The molecule has 91 valence electrons. The Hall–Kier alpha value is -0.580. The Morgan fingerprint density at radius 2 is 0.800 bits per heavy atom. The molecule has 15 heavy (non-hydrogen) atoms. The molecule has 0 aromatic rings. The van der Waals surface area contributed by atoms with Crippen molar-refractivity contribution in [2.45, 2.75) is 0 Å². The van der Waals surface area contributed by atoms with Crippen molar-refractivity contribution in [2.75, 3.05) is 28.2 Å². The molecule has 2 aliphatic heterocycles. The van der Waals surface area contributed by atoms with Gasteiger partial charge in [0.2, 0.25) is 0 Å². The Morgan fingerprint density at radius 1 is 0.600 bits per heavy atom. The molecule has 2 heterocycles. The van der Waals surface area contributed by atoms with E-state index in [0.717, 1.165) is 0 Å².